The number of aliphatic hydroxyl groups excluding tert-OH is 1. The second-order valence-electron chi connectivity index (χ2n) is 5.99. The first-order chi connectivity index (χ1) is 8.68. The number of quaternary nitrogens is 1. The summed E-state index contributed by atoms with van der Waals surface area (Å²) in [6, 6.07) is 0. The first kappa shape index (κ1) is 21.9. The van der Waals surface area contributed by atoms with E-state index in [9.17, 15) is 0 Å². The molecule has 1 unspecified atom stereocenters. The monoisotopic (exact) mass is 385 g/mol. The lowest BCUT2D eigenvalue weighted by molar-refractivity contribution is -0.910. The molecule has 0 aromatic carbocycles. The minimum Gasteiger partial charge on any atom is -1.00 e. The number of rotatable bonds is 13. The average molecular weight is 385 g/mol. The zero-order valence-corrected chi connectivity index (χ0v) is 15.6. The summed E-state index contributed by atoms with van der Waals surface area (Å²) in [4.78, 5) is 0. The molecule has 1 N–H and O–H groups in total. The van der Waals surface area contributed by atoms with Gasteiger partial charge in [0.25, 0.3) is 0 Å². The molecule has 2 nitrogen and oxygen atoms in total. The number of nitrogens with zero attached hydrogens (tertiary/aromatic N) is 1. The minimum absolute atomic E-state index is 0. The van der Waals surface area contributed by atoms with E-state index in [1.165, 1.54) is 68.9 Å². The third-order valence-corrected chi connectivity index (χ3v) is 3.96. The summed E-state index contributed by atoms with van der Waals surface area (Å²) in [6.45, 7) is 8.62. The van der Waals surface area contributed by atoms with E-state index in [0.717, 1.165) is 13.0 Å². The highest BCUT2D eigenvalue weighted by Gasteiger charge is 2.19. The summed E-state index contributed by atoms with van der Waals surface area (Å²) in [7, 11) is 2.38. The van der Waals surface area contributed by atoms with Crippen molar-refractivity contribution in [1.29, 1.82) is 0 Å². The Balaban J connectivity index is 0. The van der Waals surface area contributed by atoms with Gasteiger partial charge in [-0.1, -0.05) is 39.5 Å². The molecule has 1 atom stereocenters. The molecular weight excluding hydrogens is 349 g/mol. The van der Waals surface area contributed by atoms with Crippen molar-refractivity contribution in [2.45, 2.75) is 71.6 Å². The molecule has 0 aromatic heterocycles. The zero-order valence-electron chi connectivity index (χ0n) is 13.5. The van der Waals surface area contributed by atoms with E-state index in [4.69, 9.17) is 5.11 Å². The fraction of sp³-hybridized carbons (Fsp3) is 1.00. The standard InChI is InChI=1S/C16H36NO.HI/c1-4-6-8-9-11-14-17(3,15-12-16-18)13-10-7-5-2;/h18H,4-16H2,1-3H3;1H/q+1;/p-1. The summed E-state index contributed by atoms with van der Waals surface area (Å²) in [5, 5.41) is 9.03. The fourth-order valence-electron chi connectivity index (χ4n) is 2.63. The van der Waals surface area contributed by atoms with Gasteiger partial charge in [0, 0.05) is 13.0 Å². The predicted octanol–water partition coefficient (Wildman–Crippen LogP) is 0.980. The smallest absolute Gasteiger partial charge is 0.0806 e. The Kier molecular flexibility index (Phi) is 17.4. The van der Waals surface area contributed by atoms with Gasteiger partial charge < -0.3 is 33.6 Å². The molecule has 0 aliphatic heterocycles. The SMILES string of the molecule is CCCCCCC[N+](C)(CCCO)CCCCC.[I-]. The largest absolute Gasteiger partial charge is 1.00 e. The molecular formula is C16H36INO. The molecule has 0 heterocycles. The maximum absolute atomic E-state index is 9.03. The zero-order chi connectivity index (χ0) is 13.7. The highest BCUT2D eigenvalue weighted by molar-refractivity contribution is 4.47. The number of aliphatic hydroxyl groups is 1. The topological polar surface area (TPSA) is 20.2 Å². The van der Waals surface area contributed by atoms with Crippen molar-refractivity contribution >= 4 is 0 Å². The van der Waals surface area contributed by atoms with Gasteiger partial charge in [0.05, 0.1) is 26.7 Å². The molecule has 0 saturated heterocycles. The molecule has 0 saturated carbocycles. The van der Waals surface area contributed by atoms with Crippen molar-refractivity contribution in [1.82, 2.24) is 0 Å². The van der Waals surface area contributed by atoms with Crippen LogP contribution >= 0.6 is 0 Å². The van der Waals surface area contributed by atoms with Gasteiger partial charge in [-0.25, -0.2) is 0 Å². The summed E-state index contributed by atoms with van der Waals surface area (Å²) >= 11 is 0. The van der Waals surface area contributed by atoms with Gasteiger partial charge in [0.1, 0.15) is 0 Å². The van der Waals surface area contributed by atoms with E-state index in [2.05, 4.69) is 20.9 Å². The fourth-order valence-corrected chi connectivity index (χ4v) is 2.63. The van der Waals surface area contributed by atoms with E-state index in [0.29, 0.717) is 6.61 Å². The van der Waals surface area contributed by atoms with Crippen LogP contribution in [-0.2, 0) is 0 Å². The molecule has 0 fully saturated rings. The van der Waals surface area contributed by atoms with Crippen LogP contribution in [0.25, 0.3) is 0 Å². The lowest BCUT2D eigenvalue weighted by Gasteiger charge is -2.35. The predicted molar refractivity (Wildman–Crippen MR) is 80.8 cm³/mol. The maximum Gasteiger partial charge on any atom is 0.0806 e. The highest BCUT2D eigenvalue weighted by Crippen LogP contribution is 2.12. The minimum atomic E-state index is 0. The number of halogens is 1. The summed E-state index contributed by atoms with van der Waals surface area (Å²) < 4.78 is 1.17. The van der Waals surface area contributed by atoms with Gasteiger partial charge in [-0.2, -0.15) is 0 Å². The van der Waals surface area contributed by atoms with Crippen LogP contribution in [0.1, 0.15) is 71.6 Å². The Morgan fingerprint density at radius 1 is 0.684 bits per heavy atom. The number of hydrogen-bond acceptors (Lipinski definition) is 1. The van der Waals surface area contributed by atoms with Gasteiger partial charge in [-0.05, 0) is 25.7 Å². The molecule has 0 bridgehead atoms. The van der Waals surface area contributed by atoms with Crippen LogP contribution in [0.3, 0.4) is 0 Å². The van der Waals surface area contributed by atoms with Crippen molar-refractivity contribution in [2.75, 3.05) is 33.3 Å². The lowest BCUT2D eigenvalue weighted by Crippen LogP contribution is -3.00. The summed E-state index contributed by atoms with van der Waals surface area (Å²) in [6.07, 6.45) is 11.8. The van der Waals surface area contributed by atoms with Crippen molar-refractivity contribution in [3.8, 4) is 0 Å². The maximum atomic E-state index is 9.03. The van der Waals surface area contributed by atoms with Gasteiger partial charge in [0.2, 0.25) is 0 Å². The first-order valence-corrected chi connectivity index (χ1v) is 8.13. The third kappa shape index (κ3) is 13.4. The molecule has 0 rings (SSSR count). The van der Waals surface area contributed by atoms with Crippen LogP contribution in [0.2, 0.25) is 0 Å². The van der Waals surface area contributed by atoms with Crippen molar-refractivity contribution in [3.05, 3.63) is 0 Å². The van der Waals surface area contributed by atoms with Crippen LogP contribution in [0.4, 0.5) is 0 Å². The van der Waals surface area contributed by atoms with Gasteiger partial charge in [0.15, 0.2) is 0 Å². The Hall–Kier alpha value is 0.650. The van der Waals surface area contributed by atoms with E-state index in [1.807, 2.05) is 0 Å². The Labute approximate surface area is 138 Å². The molecule has 0 aliphatic rings. The quantitative estimate of drug-likeness (QED) is 0.285. The lowest BCUT2D eigenvalue weighted by atomic mass is 10.1. The number of hydrogen-bond donors (Lipinski definition) is 1. The molecule has 19 heavy (non-hydrogen) atoms. The Bertz CT molecular complexity index is 178. The second-order valence-corrected chi connectivity index (χ2v) is 5.99. The van der Waals surface area contributed by atoms with Crippen LogP contribution in [-0.4, -0.2) is 42.9 Å². The molecule has 0 aliphatic carbocycles. The highest BCUT2D eigenvalue weighted by atomic mass is 127. The molecule has 0 radical (unpaired) electrons. The summed E-state index contributed by atoms with van der Waals surface area (Å²) in [5.74, 6) is 0. The van der Waals surface area contributed by atoms with E-state index < -0.39 is 0 Å². The Morgan fingerprint density at radius 2 is 1.11 bits per heavy atom. The molecule has 0 spiro atoms. The second kappa shape index (κ2) is 15.0. The normalized spacial score (nSPS) is 13.9. The van der Waals surface area contributed by atoms with Gasteiger partial charge in [-0.15, -0.1) is 0 Å². The third-order valence-electron chi connectivity index (χ3n) is 3.96. The average Bonchev–Trinajstić information content (AvgIpc) is 2.37. The van der Waals surface area contributed by atoms with Gasteiger partial charge >= 0.3 is 0 Å². The van der Waals surface area contributed by atoms with Crippen LogP contribution < -0.4 is 24.0 Å². The van der Waals surface area contributed by atoms with Crippen LogP contribution in [0.15, 0.2) is 0 Å². The molecule has 3 heteroatoms. The Morgan fingerprint density at radius 3 is 1.63 bits per heavy atom. The van der Waals surface area contributed by atoms with Crippen molar-refractivity contribution in [2.24, 2.45) is 0 Å². The van der Waals surface area contributed by atoms with E-state index in [1.54, 1.807) is 0 Å². The van der Waals surface area contributed by atoms with Crippen molar-refractivity contribution < 1.29 is 33.6 Å². The number of unbranched alkanes of at least 4 members (excludes halogenated alkanes) is 6. The molecule has 0 amide bonds. The van der Waals surface area contributed by atoms with Crippen LogP contribution in [0.5, 0.6) is 0 Å². The van der Waals surface area contributed by atoms with Gasteiger partial charge in [-0.3, -0.25) is 0 Å². The van der Waals surface area contributed by atoms with E-state index in [-0.39, 0.29) is 24.0 Å². The van der Waals surface area contributed by atoms with E-state index >= 15 is 0 Å². The molecule has 0 aromatic rings. The first-order valence-electron chi connectivity index (χ1n) is 8.13. The summed E-state index contributed by atoms with van der Waals surface area (Å²) in [5.41, 5.74) is 0. The molecule has 118 valence electrons. The van der Waals surface area contributed by atoms with Crippen LogP contribution in [0, 0.1) is 0 Å². The van der Waals surface area contributed by atoms with Crippen molar-refractivity contribution in [3.63, 3.8) is 0 Å².